The van der Waals surface area contributed by atoms with Crippen LogP contribution < -0.4 is 10.6 Å². The largest absolute Gasteiger partial charge is 0.363 e. The zero-order chi connectivity index (χ0) is 19.7. The lowest BCUT2D eigenvalue weighted by molar-refractivity contribution is -0.127. The number of aryl methyl sites for hydroxylation is 1. The van der Waals surface area contributed by atoms with Crippen LogP contribution in [0.2, 0.25) is 0 Å². The van der Waals surface area contributed by atoms with Crippen LogP contribution in [0.25, 0.3) is 11.0 Å². The molecule has 146 valence electrons. The molecule has 1 aliphatic rings. The molecule has 0 unspecified atom stereocenters. The SMILES string of the molecule is C=CC(=O)N1CC[C@@H](F)[C@@H](Nc2nc(Nc3cnoc3)nc3[nH]cc(C)c23)C1. The van der Waals surface area contributed by atoms with Gasteiger partial charge in [0.15, 0.2) is 0 Å². The Kier molecular flexibility index (Phi) is 4.68. The number of aromatic amines is 1. The normalized spacial score (nSPS) is 19.6. The van der Waals surface area contributed by atoms with Crippen molar-refractivity contribution in [1.29, 1.82) is 0 Å². The Morgan fingerprint density at radius 3 is 3.11 bits per heavy atom. The third-order valence-corrected chi connectivity index (χ3v) is 4.75. The zero-order valence-electron chi connectivity index (χ0n) is 15.3. The zero-order valence-corrected chi connectivity index (χ0v) is 15.3. The van der Waals surface area contributed by atoms with Gasteiger partial charge in [-0.15, -0.1) is 0 Å². The van der Waals surface area contributed by atoms with Gasteiger partial charge in [0, 0.05) is 19.3 Å². The van der Waals surface area contributed by atoms with Crippen LogP contribution in [0.1, 0.15) is 12.0 Å². The molecular weight excluding hydrogens is 365 g/mol. The van der Waals surface area contributed by atoms with E-state index in [1.807, 2.05) is 13.1 Å². The fourth-order valence-corrected chi connectivity index (χ4v) is 3.31. The van der Waals surface area contributed by atoms with E-state index in [4.69, 9.17) is 4.52 Å². The molecule has 1 aliphatic heterocycles. The Morgan fingerprint density at radius 2 is 2.36 bits per heavy atom. The number of aromatic nitrogens is 4. The number of piperidine rings is 1. The maximum Gasteiger partial charge on any atom is 0.246 e. The summed E-state index contributed by atoms with van der Waals surface area (Å²) in [7, 11) is 0. The number of likely N-dealkylation sites (tertiary alicyclic amines) is 1. The molecule has 1 fully saturated rings. The second-order valence-corrected chi connectivity index (χ2v) is 6.67. The minimum atomic E-state index is -1.10. The number of carbonyl (C=O) groups is 1. The molecular formula is C18H20FN7O2. The summed E-state index contributed by atoms with van der Waals surface area (Å²) in [4.78, 5) is 25.6. The van der Waals surface area contributed by atoms with Crippen molar-refractivity contribution in [1.82, 2.24) is 25.0 Å². The predicted octanol–water partition coefficient (Wildman–Crippen LogP) is 2.53. The highest BCUT2D eigenvalue weighted by Gasteiger charge is 2.31. The average Bonchev–Trinajstić information content (AvgIpc) is 3.33. The van der Waals surface area contributed by atoms with Gasteiger partial charge < -0.3 is 25.0 Å². The lowest BCUT2D eigenvalue weighted by Crippen LogP contribution is -2.50. The molecule has 3 aromatic rings. The monoisotopic (exact) mass is 385 g/mol. The van der Waals surface area contributed by atoms with Crippen molar-refractivity contribution in [3.8, 4) is 0 Å². The number of fused-ring (bicyclic) bond motifs is 1. The molecule has 10 heteroatoms. The summed E-state index contributed by atoms with van der Waals surface area (Å²) < 4.78 is 19.4. The molecule has 1 saturated heterocycles. The van der Waals surface area contributed by atoms with Crippen LogP contribution in [0.3, 0.4) is 0 Å². The third-order valence-electron chi connectivity index (χ3n) is 4.75. The summed E-state index contributed by atoms with van der Waals surface area (Å²) >= 11 is 0. The molecule has 0 bridgehead atoms. The van der Waals surface area contributed by atoms with Gasteiger partial charge in [-0.3, -0.25) is 4.79 Å². The van der Waals surface area contributed by atoms with E-state index in [9.17, 15) is 9.18 Å². The molecule has 0 saturated carbocycles. The van der Waals surface area contributed by atoms with Gasteiger partial charge in [0.2, 0.25) is 11.9 Å². The number of halogens is 1. The second kappa shape index (κ2) is 7.29. The molecule has 9 nitrogen and oxygen atoms in total. The Labute approximate surface area is 160 Å². The van der Waals surface area contributed by atoms with Gasteiger partial charge in [0.05, 0.1) is 17.6 Å². The van der Waals surface area contributed by atoms with Crippen LogP contribution in [-0.4, -0.2) is 56.2 Å². The van der Waals surface area contributed by atoms with Gasteiger partial charge in [0.1, 0.15) is 29.6 Å². The minimum absolute atomic E-state index is 0.209. The Balaban J connectivity index is 1.65. The van der Waals surface area contributed by atoms with Gasteiger partial charge in [-0.2, -0.15) is 9.97 Å². The van der Waals surface area contributed by atoms with Crippen LogP contribution in [-0.2, 0) is 4.79 Å². The maximum atomic E-state index is 14.6. The molecule has 4 heterocycles. The highest BCUT2D eigenvalue weighted by atomic mass is 19.1. The van der Waals surface area contributed by atoms with Crippen molar-refractivity contribution in [2.24, 2.45) is 0 Å². The van der Waals surface area contributed by atoms with Crippen LogP contribution in [0.4, 0.5) is 21.8 Å². The molecule has 28 heavy (non-hydrogen) atoms. The van der Waals surface area contributed by atoms with E-state index < -0.39 is 12.2 Å². The first-order valence-corrected chi connectivity index (χ1v) is 8.89. The molecule has 1 amide bonds. The number of amides is 1. The quantitative estimate of drug-likeness (QED) is 0.579. The lowest BCUT2D eigenvalue weighted by atomic mass is 10.0. The molecule has 3 aromatic heterocycles. The van der Waals surface area contributed by atoms with E-state index in [0.29, 0.717) is 29.6 Å². The van der Waals surface area contributed by atoms with E-state index in [2.05, 4.69) is 37.3 Å². The van der Waals surface area contributed by atoms with E-state index >= 15 is 0 Å². The van der Waals surface area contributed by atoms with Crippen molar-refractivity contribution in [3.63, 3.8) is 0 Å². The number of nitrogens with zero attached hydrogens (tertiary/aromatic N) is 4. The van der Waals surface area contributed by atoms with Gasteiger partial charge in [-0.05, 0) is 25.0 Å². The predicted molar refractivity (Wildman–Crippen MR) is 102 cm³/mol. The molecule has 0 aromatic carbocycles. The fourth-order valence-electron chi connectivity index (χ4n) is 3.31. The Morgan fingerprint density at radius 1 is 1.50 bits per heavy atom. The van der Waals surface area contributed by atoms with Crippen molar-refractivity contribution in [2.75, 3.05) is 23.7 Å². The summed E-state index contributed by atoms with van der Waals surface area (Å²) in [6, 6.07) is -0.589. The van der Waals surface area contributed by atoms with E-state index in [1.165, 1.54) is 18.5 Å². The summed E-state index contributed by atoms with van der Waals surface area (Å²) in [5.41, 5.74) is 2.14. The van der Waals surface area contributed by atoms with E-state index in [-0.39, 0.29) is 18.9 Å². The van der Waals surface area contributed by atoms with Crippen molar-refractivity contribution in [2.45, 2.75) is 25.6 Å². The first-order valence-electron chi connectivity index (χ1n) is 8.89. The second-order valence-electron chi connectivity index (χ2n) is 6.67. The summed E-state index contributed by atoms with van der Waals surface area (Å²) in [5, 5.41) is 10.6. The molecule has 3 N–H and O–H groups in total. The molecule has 0 radical (unpaired) electrons. The summed E-state index contributed by atoms with van der Waals surface area (Å²) in [6.07, 6.45) is 5.14. The maximum absolute atomic E-state index is 14.6. The number of carbonyl (C=O) groups excluding carboxylic acids is 1. The van der Waals surface area contributed by atoms with E-state index in [0.717, 1.165) is 10.9 Å². The Hall–Kier alpha value is -3.43. The van der Waals surface area contributed by atoms with Crippen molar-refractivity contribution >= 4 is 34.4 Å². The minimum Gasteiger partial charge on any atom is -0.363 e. The van der Waals surface area contributed by atoms with Crippen molar-refractivity contribution in [3.05, 3.63) is 36.9 Å². The Bertz CT molecular complexity index is 1000. The van der Waals surface area contributed by atoms with Crippen LogP contribution in [0.15, 0.2) is 35.8 Å². The fraction of sp³-hybridized carbons (Fsp3) is 0.333. The smallest absolute Gasteiger partial charge is 0.246 e. The number of hydrogen-bond acceptors (Lipinski definition) is 7. The number of H-pyrrole nitrogens is 1. The first-order chi connectivity index (χ1) is 13.5. The molecule has 0 aliphatic carbocycles. The summed E-state index contributed by atoms with van der Waals surface area (Å²) in [5.74, 6) is 0.590. The van der Waals surface area contributed by atoms with Gasteiger partial charge in [-0.25, -0.2) is 4.39 Å². The highest BCUT2D eigenvalue weighted by molar-refractivity contribution is 5.92. The number of nitrogens with one attached hydrogen (secondary N) is 3. The van der Waals surface area contributed by atoms with Gasteiger partial charge in [0.25, 0.3) is 0 Å². The summed E-state index contributed by atoms with van der Waals surface area (Å²) in [6.45, 7) is 6.02. The number of rotatable bonds is 5. The van der Waals surface area contributed by atoms with Crippen LogP contribution in [0, 0.1) is 6.92 Å². The molecule has 2 atom stereocenters. The molecule has 4 rings (SSSR count). The van der Waals surface area contributed by atoms with Gasteiger partial charge in [-0.1, -0.05) is 11.7 Å². The standard InChI is InChI=1S/C18H20FN7O2/c1-3-14(27)26-5-4-12(19)13(8-26)23-17-15-10(2)6-20-16(15)24-18(25-17)22-11-7-21-28-9-11/h3,6-7,9,12-13H,1,4-5,8H2,2H3,(H3,20,22,23,24,25)/t12-,13+/m1/s1. The topological polar surface area (TPSA) is 112 Å². The highest BCUT2D eigenvalue weighted by Crippen LogP contribution is 2.28. The van der Waals surface area contributed by atoms with Crippen molar-refractivity contribution < 1.29 is 13.7 Å². The average molecular weight is 385 g/mol. The third kappa shape index (κ3) is 3.40. The van der Waals surface area contributed by atoms with Crippen LogP contribution >= 0.6 is 0 Å². The number of hydrogen-bond donors (Lipinski definition) is 3. The van der Waals surface area contributed by atoms with Crippen LogP contribution in [0.5, 0.6) is 0 Å². The first kappa shape index (κ1) is 18.0. The molecule has 0 spiro atoms. The van der Waals surface area contributed by atoms with Gasteiger partial charge >= 0.3 is 0 Å². The lowest BCUT2D eigenvalue weighted by Gasteiger charge is -2.35. The number of anilines is 3. The van der Waals surface area contributed by atoms with E-state index in [1.54, 1.807) is 4.90 Å². The number of alkyl halides is 1.